The third-order valence-corrected chi connectivity index (χ3v) is 3.53. The van der Waals surface area contributed by atoms with Crippen molar-refractivity contribution in [1.29, 1.82) is 0 Å². The first-order valence-corrected chi connectivity index (χ1v) is 7.01. The molecule has 0 saturated carbocycles. The molecule has 1 N–H and O–H groups in total. The Morgan fingerprint density at radius 3 is 2.13 bits per heavy atom. The van der Waals surface area contributed by atoms with Crippen LogP contribution in [0, 0.1) is 0 Å². The summed E-state index contributed by atoms with van der Waals surface area (Å²) in [7, 11) is 0. The molecule has 1 heterocycles. The lowest BCUT2D eigenvalue weighted by atomic mass is 10.1. The Bertz CT molecular complexity index is 608. The third-order valence-electron chi connectivity index (χ3n) is 3.53. The van der Waals surface area contributed by atoms with Gasteiger partial charge in [-0.25, -0.2) is 0 Å². The number of carbonyl (C=O) groups is 3. The summed E-state index contributed by atoms with van der Waals surface area (Å²) in [6, 6.07) is 4.25. The van der Waals surface area contributed by atoms with Gasteiger partial charge in [0.1, 0.15) is 6.04 Å². The summed E-state index contributed by atoms with van der Waals surface area (Å²) in [5.41, 5.74) is 0.512. The Morgan fingerprint density at radius 1 is 1.17 bits per heavy atom. The molecule has 1 unspecified atom stereocenters. The van der Waals surface area contributed by atoms with Gasteiger partial charge in [-0.05, 0) is 25.0 Å². The average molecular weight is 328 g/mol. The van der Waals surface area contributed by atoms with Crippen molar-refractivity contribution >= 4 is 17.7 Å². The number of rotatable bonds is 5. The van der Waals surface area contributed by atoms with Crippen LogP contribution < -0.4 is 5.32 Å². The van der Waals surface area contributed by atoms with E-state index in [0.29, 0.717) is 0 Å². The maximum Gasteiger partial charge on any atom is 0.408 e. The summed E-state index contributed by atoms with van der Waals surface area (Å²) in [4.78, 5) is 35.9. The van der Waals surface area contributed by atoms with Crippen LogP contribution in [0.4, 0.5) is 13.2 Å². The van der Waals surface area contributed by atoms with E-state index in [2.05, 4.69) is 0 Å². The fourth-order valence-electron chi connectivity index (χ4n) is 2.46. The molecule has 0 aromatic heterocycles. The number of hydrogen-bond acceptors (Lipinski definition) is 3. The van der Waals surface area contributed by atoms with Crippen LogP contribution in [-0.2, 0) is 4.79 Å². The zero-order valence-electron chi connectivity index (χ0n) is 12.3. The minimum absolute atomic E-state index is 0.0596. The van der Waals surface area contributed by atoms with E-state index in [9.17, 15) is 27.6 Å². The lowest BCUT2D eigenvalue weighted by molar-refractivity contribution is -0.162. The maximum atomic E-state index is 12.8. The third kappa shape index (κ3) is 3.69. The Balaban J connectivity index is 1.98. The van der Waals surface area contributed by atoms with Crippen molar-refractivity contribution in [1.82, 2.24) is 10.2 Å². The number of amides is 3. The molecule has 0 radical (unpaired) electrons. The fourth-order valence-corrected chi connectivity index (χ4v) is 2.46. The van der Waals surface area contributed by atoms with Crippen molar-refractivity contribution in [3.63, 3.8) is 0 Å². The highest BCUT2D eigenvalue weighted by Gasteiger charge is 2.40. The van der Waals surface area contributed by atoms with Gasteiger partial charge in [-0.1, -0.05) is 12.1 Å². The molecular weight excluding hydrogens is 313 g/mol. The van der Waals surface area contributed by atoms with E-state index in [4.69, 9.17) is 0 Å². The first-order chi connectivity index (χ1) is 10.7. The molecule has 2 rings (SSSR count). The summed E-state index contributed by atoms with van der Waals surface area (Å²) < 4.78 is 38.4. The SMILES string of the molecule is CC(=O)NC(CCCN1C(=O)c2ccccc2C1=O)C(F)(F)F. The van der Waals surface area contributed by atoms with E-state index < -0.39 is 36.4 Å². The van der Waals surface area contributed by atoms with Crippen LogP contribution >= 0.6 is 0 Å². The fraction of sp³-hybridized carbons (Fsp3) is 0.400. The molecule has 124 valence electrons. The van der Waals surface area contributed by atoms with Crippen molar-refractivity contribution in [3.05, 3.63) is 35.4 Å². The normalized spacial score (nSPS) is 15.6. The molecule has 0 spiro atoms. The van der Waals surface area contributed by atoms with Crippen LogP contribution in [0.25, 0.3) is 0 Å². The smallest absolute Gasteiger partial charge is 0.345 e. The van der Waals surface area contributed by atoms with Crippen LogP contribution in [0.3, 0.4) is 0 Å². The van der Waals surface area contributed by atoms with E-state index in [1.165, 1.54) is 12.1 Å². The number of nitrogens with one attached hydrogen (secondary N) is 1. The Morgan fingerprint density at radius 2 is 1.70 bits per heavy atom. The molecule has 8 heteroatoms. The Hall–Kier alpha value is -2.38. The molecule has 1 aromatic rings. The van der Waals surface area contributed by atoms with Gasteiger partial charge in [0, 0.05) is 13.5 Å². The number of alkyl halides is 3. The van der Waals surface area contributed by atoms with Crippen LogP contribution in [0.2, 0.25) is 0 Å². The molecule has 23 heavy (non-hydrogen) atoms. The number of fused-ring (bicyclic) bond motifs is 1. The molecule has 3 amide bonds. The first kappa shape index (κ1) is 17.0. The Kier molecular flexibility index (Phi) is 4.72. The minimum Gasteiger partial charge on any atom is -0.345 e. The second-order valence-electron chi connectivity index (χ2n) is 5.24. The number of halogens is 3. The lowest BCUT2D eigenvalue weighted by Crippen LogP contribution is -2.45. The summed E-state index contributed by atoms with van der Waals surface area (Å²) >= 11 is 0. The van der Waals surface area contributed by atoms with E-state index >= 15 is 0 Å². The quantitative estimate of drug-likeness (QED) is 0.842. The van der Waals surface area contributed by atoms with Gasteiger partial charge in [0.25, 0.3) is 11.8 Å². The topological polar surface area (TPSA) is 66.5 Å². The highest BCUT2D eigenvalue weighted by molar-refractivity contribution is 6.21. The van der Waals surface area contributed by atoms with Gasteiger partial charge in [-0.2, -0.15) is 13.2 Å². The molecule has 1 aliphatic rings. The van der Waals surface area contributed by atoms with E-state index in [0.717, 1.165) is 11.8 Å². The van der Waals surface area contributed by atoms with Crippen LogP contribution in [0.15, 0.2) is 24.3 Å². The highest BCUT2D eigenvalue weighted by Crippen LogP contribution is 2.26. The van der Waals surface area contributed by atoms with Crippen molar-refractivity contribution in [2.75, 3.05) is 6.54 Å². The van der Waals surface area contributed by atoms with E-state index in [-0.39, 0.29) is 24.1 Å². The summed E-state index contributed by atoms with van der Waals surface area (Å²) in [6.45, 7) is 0.876. The second kappa shape index (κ2) is 6.39. The predicted octanol–water partition coefficient (Wildman–Crippen LogP) is 2.13. The van der Waals surface area contributed by atoms with Crippen molar-refractivity contribution in [2.24, 2.45) is 0 Å². The largest absolute Gasteiger partial charge is 0.408 e. The predicted molar refractivity (Wildman–Crippen MR) is 74.7 cm³/mol. The van der Waals surface area contributed by atoms with Crippen molar-refractivity contribution in [2.45, 2.75) is 32.0 Å². The average Bonchev–Trinajstić information content (AvgIpc) is 2.70. The molecule has 0 fully saturated rings. The summed E-state index contributed by atoms with van der Waals surface area (Å²) in [5, 5.41) is 1.83. The van der Waals surface area contributed by atoms with Crippen LogP contribution in [0.1, 0.15) is 40.5 Å². The summed E-state index contributed by atoms with van der Waals surface area (Å²) in [5.74, 6) is -1.80. The van der Waals surface area contributed by atoms with E-state index in [1.54, 1.807) is 12.1 Å². The maximum absolute atomic E-state index is 12.8. The number of imide groups is 1. The molecule has 1 aliphatic heterocycles. The number of carbonyl (C=O) groups excluding carboxylic acids is 3. The molecule has 5 nitrogen and oxygen atoms in total. The van der Waals surface area contributed by atoms with E-state index in [1.807, 2.05) is 5.32 Å². The standard InChI is InChI=1S/C15H15F3N2O3/c1-9(21)19-12(15(16,17)18)7-4-8-20-13(22)10-5-2-3-6-11(10)14(20)23/h2-3,5-6,12H,4,7-8H2,1H3,(H,19,21). The van der Waals surface area contributed by atoms with Gasteiger partial charge in [0.05, 0.1) is 11.1 Å². The molecule has 1 aromatic carbocycles. The monoisotopic (exact) mass is 328 g/mol. The van der Waals surface area contributed by atoms with Crippen molar-refractivity contribution in [3.8, 4) is 0 Å². The molecule has 0 bridgehead atoms. The van der Waals surface area contributed by atoms with Gasteiger partial charge in [-0.15, -0.1) is 0 Å². The van der Waals surface area contributed by atoms with Gasteiger partial charge in [-0.3, -0.25) is 19.3 Å². The molecule has 0 saturated heterocycles. The second-order valence-corrected chi connectivity index (χ2v) is 5.24. The van der Waals surface area contributed by atoms with Crippen LogP contribution in [-0.4, -0.2) is 41.4 Å². The number of benzene rings is 1. The highest BCUT2D eigenvalue weighted by atomic mass is 19.4. The van der Waals surface area contributed by atoms with Gasteiger partial charge in [0.15, 0.2) is 0 Å². The minimum atomic E-state index is -4.58. The number of hydrogen-bond donors (Lipinski definition) is 1. The lowest BCUT2D eigenvalue weighted by Gasteiger charge is -2.22. The van der Waals surface area contributed by atoms with Gasteiger partial charge >= 0.3 is 6.18 Å². The molecule has 0 aliphatic carbocycles. The summed E-state index contributed by atoms with van der Waals surface area (Å²) in [6.07, 6.45) is -5.04. The van der Waals surface area contributed by atoms with Crippen molar-refractivity contribution < 1.29 is 27.6 Å². The number of nitrogens with zero attached hydrogens (tertiary/aromatic N) is 1. The first-order valence-electron chi connectivity index (χ1n) is 7.01. The van der Waals surface area contributed by atoms with Gasteiger partial charge in [0.2, 0.25) is 5.91 Å². The molecular formula is C15H15F3N2O3. The van der Waals surface area contributed by atoms with Gasteiger partial charge < -0.3 is 5.32 Å². The zero-order valence-corrected chi connectivity index (χ0v) is 12.3. The van der Waals surface area contributed by atoms with Crippen LogP contribution in [0.5, 0.6) is 0 Å². The molecule has 1 atom stereocenters. The zero-order chi connectivity index (χ0) is 17.2. The Labute approximate surface area is 130 Å².